The first-order valence-electron chi connectivity index (χ1n) is 3.54. The number of halogens is 1. The molecule has 0 unspecified atom stereocenters. The number of hydrogen-bond donors (Lipinski definition) is 1. The first kappa shape index (κ1) is 8.35. The van der Waals surface area contributed by atoms with Gasteiger partial charge in [-0.1, -0.05) is 12.2 Å². The maximum Gasteiger partial charge on any atom is 0.137 e. The van der Waals surface area contributed by atoms with Crippen LogP contribution in [-0.4, -0.2) is 4.98 Å². The van der Waals surface area contributed by atoms with Gasteiger partial charge in [0.2, 0.25) is 0 Å². The smallest absolute Gasteiger partial charge is 0.137 e. The Labute approximate surface area is 83.1 Å². The van der Waals surface area contributed by atoms with Crippen LogP contribution in [0.5, 0.6) is 0 Å². The highest BCUT2D eigenvalue weighted by molar-refractivity contribution is 8.23. The first-order chi connectivity index (χ1) is 5.90. The molecule has 0 N–H and O–H groups in total. The number of hydrogen-bond acceptors (Lipinski definition) is 2. The summed E-state index contributed by atoms with van der Waals surface area (Å²) >= 11 is 7.40. The molecular formula is C8H8ClNS2. The summed E-state index contributed by atoms with van der Waals surface area (Å²) in [5.41, 5.74) is 0. The number of rotatable bonds is 2. The zero-order valence-electron chi connectivity index (χ0n) is 6.27. The van der Waals surface area contributed by atoms with Crippen molar-refractivity contribution in [3.63, 3.8) is 0 Å². The van der Waals surface area contributed by atoms with E-state index in [9.17, 15) is 0 Å². The second kappa shape index (κ2) is 3.64. The molecule has 0 radical (unpaired) electrons. The van der Waals surface area contributed by atoms with Gasteiger partial charge >= 0.3 is 0 Å². The molecule has 1 aromatic heterocycles. The molecule has 0 saturated heterocycles. The van der Waals surface area contributed by atoms with Gasteiger partial charge in [0.15, 0.2) is 0 Å². The third-order valence-corrected chi connectivity index (χ3v) is 5.19. The number of allylic oxidation sites excluding steroid dienone is 2. The summed E-state index contributed by atoms with van der Waals surface area (Å²) in [6, 6.07) is 0. The molecule has 2 rings (SSSR count). The van der Waals surface area contributed by atoms with Crippen LogP contribution < -0.4 is 0 Å². The molecule has 12 heavy (non-hydrogen) atoms. The second-order valence-corrected chi connectivity index (χ2v) is 5.85. The standard InChI is InChI=1S/C8H8ClNS2/c9-5-7-6-10-8(11-7)12-3-1-2-4-12/h1-4,6,12H,5H2. The molecule has 1 aromatic rings. The van der Waals surface area contributed by atoms with Crippen LogP contribution in [0.15, 0.2) is 33.5 Å². The van der Waals surface area contributed by atoms with E-state index in [-0.39, 0.29) is 10.9 Å². The summed E-state index contributed by atoms with van der Waals surface area (Å²) in [6.45, 7) is 0. The minimum absolute atomic E-state index is 0.237. The predicted octanol–water partition coefficient (Wildman–Crippen LogP) is 3.28. The topological polar surface area (TPSA) is 12.9 Å². The van der Waals surface area contributed by atoms with E-state index in [4.69, 9.17) is 11.6 Å². The van der Waals surface area contributed by atoms with E-state index < -0.39 is 0 Å². The van der Waals surface area contributed by atoms with Gasteiger partial charge in [-0.15, -0.1) is 22.9 Å². The van der Waals surface area contributed by atoms with E-state index in [0.717, 1.165) is 4.88 Å². The van der Waals surface area contributed by atoms with Crippen molar-refractivity contribution in [2.24, 2.45) is 0 Å². The lowest BCUT2D eigenvalue weighted by molar-refractivity contribution is 1.24. The summed E-state index contributed by atoms with van der Waals surface area (Å²) in [5, 5.41) is 4.40. The summed E-state index contributed by atoms with van der Waals surface area (Å²) < 4.78 is 1.20. The Morgan fingerprint density at radius 2 is 2.17 bits per heavy atom. The van der Waals surface area contributed by atoms with Gasteiger partial charge in [0.1, 0.15) is 4.34 Å². The van der Waals surface area contributed by atoms with Crippen LogP contribution in [0.1, 0.15) is 4.88 Å². The maximum atomic E-state index is 5.69. The molecule has 2 heterocycles. The lowest BCUT2D eigenvalue weighted by Crippen LogP contribution is -1.67. The molecule has 0 saturated carbocycles. The minimum atomic E-state index is -0.237. The van der Waals surface area contributed by atoms with Crippen LogP contribution in [0.25, 0.3) is 0 Å². The molecule has 1 aliphatic heterocycles. The molecule has 0 amide bonds. The number of thiazole rings is 1. The van der Waals surface area contributed by atoms with Crippen molar-refractivity contribution < 1.29 is 0 Å². The molecule has 0 bridgehead atoms. The highest BCUT2D eigenvalue weighted by atomic mass is 35.5. The number of nitrogens with zero attached hydrogens (tertiary/aromatic N) is 1. The van der Waals surface area contributed by atoms with Crippen LogP contribution in [0.2, 0.25) is 0 Å². The Balaban J connectivity index is 2.22. The van der Waals surface area contributed by atoms with Crippen molar-refractivity contribution >= 4 is 33.8 Å². The van der Waals surface area contributed by atoms with Crippen LogP contribution in [0.4, 0.5) is 0 Å². The third kappa shape index (κ3) is 1.58. The Hall–Kier alpha value is -0.250. The molecule has 0 aromatic carbocycles. The molecule has 0 aliphatic carbocycles. The van der Waals surface area contributed by atoms with Gasteiger partial charge in [0.05, 0.1) is 5.88 Å². The molecule has 0 atom stereocenters. The van der Waals surface area contributed by atoms with Crippen molar-refractivity contribution in [2.45, 2.75) is 10.2 Å². The van der Waals surface area contributed by atoms with Gasteiger partial charge < -0.3 is 0 Å². The average molecular weight is 218 g/mol. The minimum Gasteiger partial charge on any atom is -0.239 e. The average Bonchev–Trinajstić information content (AvgIpc) is 2.75. The van der Waals surface area contributed by atoms with E-state index in [0.29, 0.717) is 5.88 Å². The summed E-state index contributed by atoms with van der Waals surface area (Å²) in [6.07, 6.45) is 6.02. The zero-order valence-corrected chi connectivity index (χ0v) is 8.74. The van der Waals surface area contributed by atoms with Gasteiger partial charge in [0, 0.05) is 11.1 Å². The number of aromatic nitrogens is 1. The Bertz CT molecular complexity index is 318. The predicted molar refractivity (Wildman–Crippen MR) is 57.2 cm³/mol. The Morgan fingerprint density at radius 1 is 1.42 bits per heavy atom. The lowest BCUT2D eigenvalue weighted by Gasteiger charge is -2.02. The molecule has 0 fully saturated rings. The van der Waals surface area contributed by atoms with Crippen molar-refractivity contribution in [1.82, 2.24) is 4.98 Å². The molecule has 4 heteroatoms. The Kier molecular flexibility index (Phi) is 2.54. The van der Waals surface area contributed by atoms with Gasteiger partial charge in [0.25, 0.3) is 0 Å². The molecule has 64 valence electrons. The van der Waals surface area contributed by atoms with Crippen molar-refractivity contribution in [3.8, 4) is 0 Å². The van der Waals surface area contributed by atoms with Crippen molar-refractivity contribution in [1.29, 1.82) is 0 Å². The fourth-order valence-electron chi connectivity index (χ4n) is 0.940. The van der Waals surface area contributed by atoms with E-state index in [1.54, 1.807) is 11.3 Å². The second-order valence-electron chi connectivity index (χ2n) is 2.33. The van der Waals surface area contributed by atoms with Crippen molar-refractivity contribution in [3.05, 3.63) is 34.0 Å². The van der Waals surface area contributed by atoms with E-state index in [1.807, 2.05) is 6.20 Å². The van der Waals surface area contributed by atoms with E-state index >= 15 is 0 Å². The summed E-state index contributed by atoms with van der Waals surface area (Å²) in [7, 11) is -0.237. The van der Waals surface area contributed by atoms with Gasteiger partial charge in [-0.05, 0) is 10.8 Å². The first-order valence-corrected chi connectivity index (χ1v) is 6.37. The number of thiol groups is 1. The lowest BCUT2D eigenvalue weighted by atomic mass is 10.6. The van der Waals surface area contributed by atoms with Crippen LogP contribution in [0.3, 0.4) is 0 Å². The van der Waals surface area contributed by atoms with Gasteiger partial charge in [-0.25, -0.2) is 4.98 Å². The normalized spacial score (nSPS) is 17.6. The van der Waals surface area contributed by atoms with Crippen LogP contribution >= 0.6 is 33.8 Å². The van der Waals surface area contributed by atoms with Gasteiger partial charge in [-0.3, -0.25) is 0 Å². The van der Waals surface area contributed by atoms with E-state index in [1.165, 1.54) is 4.34 Å². The van der Waals surface area contributed by atoms with Gasteiger partial charge in [-0.2, -0.15) is 10.9 Å². The quantitative estimate of drug-likeness (QED) is 0.593. The fourth-order valence-corrected chi connectivity index (χ4v) is 3.93. The fraction of sp³-hybridized carbons (Fsp3) is 0.125. The maximum absolute atomic E-state index is 5.69. The van der Waals surface area contributed by atoms with Crippen LogP contribution in [0, 0.1) is 0 Å². The molecule has 1 aliphatic rings. The monoisotopic (exact) mass is 217 g/mol. The molecule has 1 nitrogen and oxygen atoms in total. The highest BCUT2D eigenvalue weighted by Crippen LogP contribution is 2.43. The third-order valence-electron chi connectivity index (χ3n) is 1.50. The largest absolute Gasteiger partial charge is 0.239 e. The SMILES string of the molecule is ClCc1cnc([SH]2C=CC=C2)s1. The molecule has 0 spiro atoms. The Morgan fingerprint density at radius 3 is 2.75 bits per heavy atom. The highest BCUT2D eigenvalue weighted by Gasteiger charge is 2.07. The summed E-state index contributed by atoms with van der Waals surface area (Å²) in [4.78, 5) is 5.48. The number of alkyl halides is 1. The van der Waals surface area contributed by atoms with E-state index in [2.05, 4.69) is 28.0 Å². The molecular weight excluding hydrogens is 210 g/mol. The van der Waals surface area contributed by atoms with Crippen LogP contribution in [-0.2, 0) is 5.88 Å². The zero-order chi connectivity index (χ0) is 8.39. The summed E-state index contributed by atoms with van der Waals surface area (Å²) in [5.74, 6) is 0.578. The van der Waals surface area contributed by atoms with Crippen molar-refractivity contribution in [2.75, 3.05) is 0 Å².